The molecule has 0 aliphatic carbocycles. The average Bonchev–Trinajstić information content (AvgIpc) is 2.26. The van der Waals surface area contributed by atoms with E-state index in [1.54, 1.807) is 19.1 Å². The summed E-state index contributed by atoms with van der Waals surface area (Å²) < 4.78 is 14.3. The zero-order valence-corrected chi connectivity index (χ0v) is 10.4. The smallest absolute Gasteiger partial charge is 0.132 e. The van der Waals surface area contributed by atoms with Crippen LogP contribution in [0.3, 0.4) is 0 Å². The lowest BCUT2D eigenvalue weighted by atomic mass is 9.93. The van der Waals surface area contributed by atoms with E-state index < -0.39 is 11.4 Å². The quantitative estimate of drug-likeness (QED) is 0.889. The summed E-state index contributed by atoms with van der Waals surface area (Å²) in [6, 6.07) is 6.55. The third kappa shape index (κ3) is 2.79. The SMILES string of the molecule is CC(C#N)(NCCO)c1ccc(Br)cc1F. The van der Waals surface area contributed by atoms with E-state index in [4.69, 9.17) is 10.4 Å². The van der Waals surface area contributed by atoms with Gasteiger partial charge in [0.25, 0.3) is 0 Å². The first kappa shape index (κ1) is 13.1. The van der Waals surface area contributed by atoms with Gasteiger partial charge in [-0.15, -0.1) is 0 Å². The lowest BCUT2D eigenvalue weighted by molar-refractivity contribution is 0.275. The van der Waals surface area contributed by atoms with Crippen LogP contribution in [0.5, 0.6) is 0 Å². The van der Waals surface area contributed by atoms with Crippen LogP contribution in [0.15, 0.2) is 22.7 Å². The number of nitrogens with zero attached hydrogens (tertiary/aromatic N) is 1. The van der Waals surface area contributed by atoms with Crippen LogP contribution in [0.4, 0.5) is 4.39 Å². The molecule has 1 atom stereocenters. The minimum absolute atomic E-state index is 0.102. The van der Waals surface area contributed by atoms with Crippen LogP contribution in [-0.4, -0.2) is 18.3 Å². The molecule has 1 aromatic carbocycles. The Hall–Kier alpha value is -0.960. The number of benzene rings is 1. The van der Waals surface area contributed by atoms with Gasteiger partial charge in [-0.05, 0) is 19.1 Å². The van der Waals surface area contributed by atoms with Crippen LogP contribution in [0, 0.1) is 17.1 Å². The summed E-state index contributed by atoms with van der Waals surface area (Å²) in [4.78, 5) is 0. The van der Waals surface area contributed by atoms with E-state index in [1.807, 2.05) is 6.07 Å². The number of aliphatic hydroxyl groups excluding tert-OH is 1. The summed E-state index contributed by atoms with van der Waals surface area (Å²) in [5, 5.41) is 20.6. The van der Waals surface area contributed by atoms with E-state index in [1.165, 1.54) is 6.07 Å². The fraction of sp³-hybridized carbons (Fsp3) is 0.364. The lowest BCUT2D eigenvalue weighted by Gasteiger charge is -2.24. The molecule has 0 radical (unpaired) electrons. The van der Waals surface area contributed by atoms with Gasteiger partial charge >= 0.3 is 0 Å². The van der Waals surface area contributed by atoms with E-state index in [2.05, 4.69) is 21.2 Å². The van der Waals surface area contributed by atoms with Crippen LogP contribution in [0.1, 0.15) is 12.5 Å². The fourth-order valence-electron chi connectivity index (χ4n) is 1.40. The van der Waals surface area contributed by atoms with Crippen molar-refractivity contribution in [2.24, 2.45) is 0 Å². The van der Waals surface area contributed by atoms with Gasteiger partial charge in [0.2, 0.25) is 0 Å². The van der Waals surface area contributed by atoms with E-state index in [0.717, 1.165) is 0 Å². The fourth-order valence-corrected chi connectivity index (χ4v) is 1.73. The number of halogens is 2. The number of aliphatic hydroxyl groups is 1. The molecule has 0 aliphatic rings. The first-order valence-electron chi connectivity index (χ1n) is 4.76. The molecule has 0 saturated carbocycles. The summed E-state index contributed by atoms with van der Waals surface area (Å²) in [5.41, 5.74) is -0.861. The Morgan fingerprint density at radius 3 is 2.81 bits per heavy atom. The van der Waals surface area contributed by atoms with Crippen LogP contribution in [0.25, 0.3) is 0 Å². The van der Waals surface area contributed by atoms with Gasteiger partial charge < -0.3 is 5.11 Å². The second-order valence-electron chi connectivity index (χ2n) is 3.51. The predicted molar refractivity (Wildman–Crippen MR) is 62.2 cm³/mol. The Labute approximate surface area is 102 Å². The first-order valence-corrected chi connectivity index (χ1v) is 5.55. The van der Waals surface area contributed by atoms with Crippen LogP contribution in [-0.2, 0) is 5.54 Å². The van der Waals surface area contributed by atoms with Gasteiger partial charge in [-0.1, -0.05) is 22.0 Å². The molecule has 0 bridgehead atoms. The first-order chi connectivity index (χ1) is 7.53. The largest absolute Gasteiger partial charge is 0.395 e. The van der Waals surface area contributed by atoms with Gasteiger partial charge in [0.1, 0.15) is 11.4 Å². The molecule has 1 aromatic rings. The third-order valence-corrected chi connectivity index (χ3v) is 2.78. The van der Waals surface area contributed by atoms with Gasteiger partial charge in [-0.2, -0.15) is 5.26 Å². The Kier molecular flexibility index (Phi) is 4.42. The van der Waals surface area contributed by atoms with Crippen molar-refractivity contribution in [3.8, 4) is 6.07 Å². The zero-order chi connectivity index (χ0) is 12.2. The second-order valence-corrected chi connectivity index (χ2v) is 4.43. The average molecular weight is 287 g/mol. The predicted octanol–water partition coefficient (Wildman–Crippen LogP) is 1.91. The number of nitrogens with one attached hydrogen (secondary N) is 1. The van der Waals surface area contributed by atoms with E-state index >= 15 is 0 Å². The van der Waals surface area contributed by atoms with Crippen molar-refractivity contribution in [1.29, 1.82) is 5.26 Å². The van der Waals surface area contributed by atoms with Gasteiger partial charge in [-0.3, -0.25) is 5.32 Å². The van der Waals surface area contributed by atoms with Gasteiger partial charge in [0.05, 0.1) is 12.7 Å². The number of hydrogen-bond donors (Lipinski definition) is 2. The van der Waals surface area contributed by atoms with Gasteiger partial charge in [0.15, 0.2) is 0 Å². The normalized spacial score (nSPS) is 14.2. The van der Waals surface area contributed by atoms with Gasteiger partial charge in [0, 0.05) is 16.6 Å². The maximum Gasteiger partial charge on any atom is 0.132 e. The van der Waals surface area contributed by atoms with Crippen molar-refractivity contribution in [1.82, 2.24) is 5.32 Å². The topological polar surface area (TPSA) is 56.0 Å². The summed E-state index contributed by atoms with van der Waals surface area (Å²) in [7, 11) is 0. The molecule has 0 fully saturated rings. The van der Waals surface area contributed by atoms with Crippen LogP contribution < -0.4 is 5.32 Å². The second kappa shape index (κ2) is 5.39. The molecule has 1 unspecified atom stereocenters. The molecule has 0 aromatic heterocycles. The molecule has 0 amide bonds. The highest BCUT2D eigenvalue weighted by atomic mass is 79.9. The molecule has 1 rings (SSSR count). The van der Waals surface area contributed by atoms with Crippen molar-refractivity contribution in [2.45, 2.75) is 12.5 Å². The monoisotopic (exact) mass is 286 g/mol. The Balaban J connectivity index is 3.08. The van der Waals surface area contributed by atoms with Crippen molar-refractivity contribution in [3.63, 3.8) is 0 Å². The summed E-state index contributed by atoms with van der Waals surface area (Å²) in [5.74, 6) is -0.455. The molecule has 3 nitrogen and oxygen atoms in total. The Morgan fingerprint density at radius 1 is 1.62 bits per heavy atom. The standard InChI is InChI=1S/C11H12BrFN2O/c1-11(7-14,15-4-5-16)9-3-2-8(12)6-10(9)13/h2-3,6,15-16H,4-5H2,1H3. The van der Waals surface area contributed by atoms with E-state index in [0.29, 0.717) is 4.47 Å². The molecule has 0 spiro atoms. The molecular weight excluding hydrogens is 275 g/mol. The third-order valence-electron chi connectivity index (χ3n) is 2.28. The Bertz CT molecular complexity index is 419. The highest BCUT2D eigenvalue weighted by Gasteiger charge is 2.28. The summed E-state index contributed by atoms with van der Waals surface area (Å²) >= 11 is 3.15. The Morgan fingerprint density at radius 2 is 2.31 bits per heavy atom. The maximum absolute atomic E-state index is 13.7. The highest BCUT2D eigenvalue weighted by Crippen LogP contribution is 2.25. The molecule has 5 heteroatoms. The van der Waals surface area contributed by atoms with Crippen LogP contribution >= 0.6 is 15.9 Å². The molecule has 2 N–H and O–H groups in total. The molecular formula is C11H12BrFN2O. The lowest BCUT2D eigenvalue weighted by Crippen LogP contribution is -2.40. The van der Waals surface area contributed by atoms with E-state index in [-0.39, 0.29) is 18.7 Å². The van der Waals surface area contributed by atoms with E-state index in [9.17, 15) is 4.39 Å². The van der Waals surface area contributed by atoms with Crippen molar-refractivity contribution >= 4 is 15.9 Å². The molecule has 0 saturated heterocycles. The minimum atomic E-state index is -1.13. The number of nitriles is 1. The van der Waals surface area contributed by atoms with Crippen molar-refractivity contribution in [2.75, 3.05) is 13.2 Å². The van der Waals surface area contributed by atoms with Crippen molar-refractivity contribution in [3.05, 3.63) is 34.1 Å². The molecule has 86 valence electrons. The van der Waals surface area contributed by atoms with Crippen molar-refractivity contribution < 1.29 is 9.50 Å². The van der Waals surface area contributed by atoms with Gasteiger partial charge in [-0.25, -0.2) is 4.39 Å². The maximum atomic E-state index is 13.7. The summed E-state index contributed by atoms with van der Waals surface area (Å²) in [6.07, 6.45) is 0. The molecule has 16 heavy (non-hydrogen) atoms. The molecule has 0 aliphatic heterocycles. The number of hydrogen-bond acceptors (Lipinski definition) is 3. The number of rotatable bonds is 4. The minimum Gasteiger partial charge on any atom is -0.395 e. The molecule has 0 heterocycles. The summed E-state index contributed by atoms with van der Waals surface area (Å²) in [6.45, 7) is 1.71. The van der Waals surface area contributed by atoms with Crippen LogP contribution in [0.2, 0.25) is 0 Å². The zero-order valence-electron chi connectivity index (χ0n) is 8.80. The highest BCUT2D eigenvalue weighted by molar-refractivity contribution is 9.10.